The van der Waals surface area contributed by atoms with Gasteiger partial charge in [0.15, 0.2) is 0 Å². The third kappa shape index (κ3) is 95700. The summed E-state index contributed by atoms with van der Waals surface area (Å²) in [6.07, 6.45) is 0. The van der Waals surface area contributed by atoms with Gasteiger partial charge in [-0.05, 0) is 0 Å². The van der Waals surface area contributed by atoms with Crippen LogP contribution in [0.1, 0.15) is 0 Å². The van der Waals surface area contributed by atoms with E-state index in [1.807, 2.05) is 0 Å². The van der Waals surface area contributed by atoms with Crippen molar-refractivity contribution in [2.24, 2.45) is 0 Å². The SMILES string of the molecule is O=S(=O)([O-])[O-].O=[N+]([O-])[O-].[Cu+2].[Ni+2]. The van der Waals surface area contributed by atoms with Crippen LogP contribution in [0, 0.1) is 15.3 Å². The van der Waals surface area contributed by atoms with Gasteiger partial charge in [0, 0.05) is 10.4 Å². The van der Waals surface area contributed by atoms with Gasteiger partial charge < -0.3 is 24.4 Å². The molecule has 11 heteroatoms. The maximum absolute atomic E-state index is 8.52. The topological polar surface area (TPSA) is 146 Å². The van der Waals surface area contributed by atoms with Gasteiger partial charge in [-0.1, -0.05) is 0 Å². The minimum absolute atomic E-state index is 0. The Kier molecular flexibility index (Phi) is 20.6. The van der Waals surface area contributed by atoms with Crippen molar-refractivity contribution in [1.29, 1.82) is 0 Å². The monoisotopic (exact) mass is 279 g/mol. The molecule has 0 saturated carbocycles. The van der Waals surface area contributed by atoms with Crippen molar-refractivity contribution in [1.82, 2.24) is 0 Å². The summed E-state index contributed by atoms with van der Waals surface area (Å²) in [5.74, 6) is 0. The van der Waals surface area contributed by atoms with E-state index in [0.29, 0.717) is 0 Å². The van der Waals surface area contributed by atoms with E-state index in [-0.39, 0.29) is 33.6 Å². The molecular formula is CuNNiO7S+. The van der Waals surface area contributed by atoms with Crippen molar-refractivity contribution in [2.75, 3.05) is 0 Å². The van der Waals surface area contributed by atoms with Gasteiger partial charge in [0.05, 0.1) is 5.09 Å². The number of hydrogen-bond donors (Lipinski definition) is 0. The Morgan fingerprint density at radius 3 is 1.09 bits per heavy atom. The fourth-order valence-corrected chi connectivity index (χ4v) is 0. The summed E-state index contributed by atoms with van der Waals surface area (Å²) in [4.78, 5) is 8.25. The van der Waals surface area contributed by atoms with E-state index >= 15 is 0 Å². The molecule has 1 radical (unpaired) electrons. The molecule has 0 aromatic heterocycles. The van der Waals surface area contributed by atoms with Crippen LogP contribution in [0.2, 0.25) is 0 Å². The van der Waals surface area contributed by atoms with Gasteiger partial charge in [-0.25, -0.2) is 0 Å². The minimum Gasteiger partial charge on any atom is -0.759 e. The smallest absolute Gasteiger partial charge is 0.759 e. The number of nitrogens with zero attached hydrogens (tertiary/aromatic N) is 1. The first-order valence-corrected chi connectivity index (χ1v) is 2.55. The molecule has 0 fully saturated rings. The summed E-state index contributed by atoms with van der Waals surface area (Å²) in [7, 11) is -5.17. The second-order valence-corrected chi connectivity index (χ2v) is 1.45. The van der Waals surface area contributed by atoms with Gasteiger partial charge in [0.2, 0.25) is 0 Å². The van der Waals surface area contributed by atoms with E-state index in [4.69, 9.17) is 32.8 Å². The Morgan fingerprint density at radius 2 is 1.09 bits per heavy atom. The Morgan fingerprint density at radius 1 is 1.09 bits per heavy atom. The van der Waals surface area contributed by atoms with E-state index in [2.05, 4.69) is 0 Å². The molecule has 0 aromatic rings. The molecule has 0 amide bonds. The average molecular weight is 280 g/mol. The molecule has 0 saturated heterocycles. The van der Waals surface area contributed by atoms with Crippen molar-refractivity contribution in [3.63, 3.8) is 0 Å². The van der Waals surface area contributed by atoms with Crippen LogP contribution in [-0.2, 0) is 44.0 Å². The third-order valence-corrected chi connectivity index (χ3v) is 0. The summed E-state index contributed by atoms with van der Waals surface area (Å²) < 4.78 is 34.1. The fourth-order valence-electron chi connectivity index (χ4n) is 0. The van der Waals surface area contributed by atoms with Crippen molar-refractivity contribution in [2.45, 2.75) is 0 Å². The molecule has 0 atom stereocenters. The molecule has 73 valence electrons. The summed E-state index contributed by atoms with van der Waals surface area (Å²) in [5, 5.41) is 14.8. The molecule has 0 spiro atoms. The first kappa shape index (κ1) is 22.5. The third-order valence-electron chi connectivity index (χ3n) is 0. The maximum atomic E-state index is 8.52. The Bertz CT molecular complexity index is 161. The van der Waals surface area contributed by atoms with Crippen molar-refractivity contribution in [3.8, 4) is 0 Å². The zero-order valence-electron chi connectivity index (χ0n) is 4.33. The quantitative estimate of drug-likeness (QED) is 0.171. The van der Waals surface area contributed by atoms with Crippen LogP contribution in [0.25, 0.3) is 0 Å². The van der Waals surface area contributed by atoms with E-state index < -0.39 is 15.5 Å². The molecule has 0 N–H and O–H groups in total. The summed E-state index contributed by atoms with van der Waals surface area (Å²) >= 11 is 0. The van der Waals surface area contributed by atoms with Gasteiger partial charge in [-0.2, -0.15) is 0 Å². The zero-order valence-corrected chi connectivity index (χ0v) is 7.08. The van der Waals surface area contributed by atoms with E-state index in [9.17, 15) is 0 Å². The average Bonchev–Trinajstić information content (AvgIpc) is 1.19. The second kappa shape index (κ2) is 10.1. The fraction of sp³-hybridized carbons (Fsp3) is 0. The molecular weight excluding hydrogens is 280 g/mol. The van der Waals surface area contributed by atoms with Crippen molar-refractivity contribution in [3.05, 3.63) is 15.3 Å². The number of hydrogen-bond acceptors (Lipinski definition) is 7. The van der Waals surface area contributed by atoms with Crippen LogP contribution < -0.4 is 0 Å². The Balaban J connectivity index is -0.0000000383. The first-order valence-electron chi connectivity index (χ1n) is 1.21. The molecule has 8 nitrogen and oxygen atoms in total. The van der Waals surface area contributed by atoms with Crippen LogP contribution in [0.4, 0.5) is 0 Å². The minimum atomic E-state index is -5.17. The molecule has 0 aliphatic heterocycles. The molecule has 0 aliphatic carbocycles. The van der Waals surface area contributed by atoms with E-state index in [0.717, 1.165) is 0 Å². The molecule has 0 aliphatic rings. The van der Waals surface area contributed by atoms with Gasteiger partial charge in [0.25, 0.3) is 0 Å². The summed E-state index contributed by atoms with van der Waals surface area (Å²) in [6.45, 7) is 0. The van der Waals surface area contributed by atoms with Crippen LogP contribution in [0.5, 0.6) is 0 Å². The first-order chi connectivity index (χ1) is 3.73. The van der Waals surface area contributed by atoms with Crippen LogP contribution in [-0.4, -0.2) is 22.6 Å². The Labute approximate surface area is 82.1 Å². The van der Waals surface area contributed by atoms with Gasteiger partial charge in [0.1, 0.15) is 0 Å². The standard InChI is InChI=1S/Cu.NO3.Ni.H2O4S/c;2-1(3)4;;1-5(2,3)4/h;;;(H2,1,2,3,4)/q+2;-1;+2;/p-2. The van der Waals surface area contributed by atoms with Crippen LogP contribution >= 0.6 is 0 Å². The number of rotatable bonds is 0. The van der Waals surface area contributed by atoms with Crippen molar-refractivity contribution >= 4 is 10.4 Å². The largest absolute Gasteiger partial charge is 2.00 e. The van der Waals surface area contributed by atoms with Gasteiger partial charge in [-0.15, -0.1) is 0 Å². The second-order valence-electron chi connectivity index (χ2n) is 0.632. The van der Waals surface area contributed by atoms with Crippen LogP contribution in [0.3, 0.4) is 0 Å². The molecule has 0 aromatic carbocycles. The molecule has 0 bridgehead atoms. The predicted octanol–water partition coefficient (Wildman–Crippen LogP) is -1.58. The van der Waals surface area contributed by atoms with Gasteiger partial charge in [-0.3, -0.25) is 8.42 Å². The maximum Gasteiger partial charge on any atom is 2.00 e. The normalized spacial score (nSPS) is 7.45. The zero-order chi connectivity index (χ0) is 8.08. The van der Waals surface area contributed by atoms with Gasteiger partial charge >= 0.3 is 33.6 Å². The molecule has 0 rings (SSSR count). The van der Waals surface area contributed by atoms with E-state index in [1.165, 1.54) is 0 Å². The van der Waals surface area contributed by atoms with Crippen molar-refractivity contribution < 1.29 is 56.2 Å². The Hall–Kier alpha value is 0.0830. The summed E-state index contributed by atoms with van der Waals surface area (Å²) in [6, 6.07) is 0. The summed E-state index contributed by atoms with van der Waals surface area (Å²) in [5.41, 5.74) is 0. The van der Waals surface area contributed by atoms with E-state index in [1.54, 1.807) is 0 Å². The predicted molar refractivity (Wildman–Crippen MR) is 20.8 cm³/mol. The molecule has 11 heavy (non-hydrogen) atoms. The molecule has 0 unspecified atom stereocenters. The molecule has 0 heterocycles. The van der Waals surface area contributed by atoms with Crippen LogP contribution in [0.15, 0.2) is 0 Å².